The normalized spacial score (nSPS) is 12.3. The second kappa shape index (κ2) is 26.0. The summed E-state index contributed by atoms with van der Waals surface area (Å²) in [5.74, 6) is -6.43. The number of carbonyl (C=O) groups excluding carboxylic acids is 9. The highest BCUT2D eigenvalue weighted by atomic mass is 16.2. The van der Waals surface area contributed by atoms with E-state index in [0.717, 1.165) is 66.5 Å². The van der Waals surface area contributed by atoms with E-state index in [0.29, 0.717) is 33.8 Å². The maximum atomic E-state index is 13.8. The molecule has 0 aliphatic heterocycles. The van der Waals surface area contributed by atoms with Crippen molar-refractivity contribution in [3.63, 3.8) is 0 Å². The van der Waals surface area contributed by atoms with E-state index in [1.54, 1.807) is 72.8 Å². The Kier molecular flexibility index (Phi) is 18.0. The molecule has 15 N–H and O–H groups in total. The van der Waals surface area contributed by atoms with Gasteiger partial charge in [-0.25, -0.2) is 0 Å². The maximum Gasteiger partial charge on any atom is 0.247 e. The highest BCUT2D eigenvalue weighted by Crippen LogP contribution is 2.35. The summed E-state index contributed by atoms with van der Waals surface area (Å²) in [6, 6.07) is 39.3. The predicted octanol–water partition coefficient (Wildman–Crippen LogP) is 5.86. The van der Waals surface area contributed by atoms with Crippen LogP contribution >= 0.6 is 0 Å². The Morgan fingerprint density at radius 3 is 0.859 bits per heavy atom. The maximum absolute atomic E-state index is 13.8. The van der Waals surface area contributed by atoms with Crippen LogP contribution in [0.1, 0.15) is 75.6 Å². The molecule has 3 heterocycles. The van der Waals surface area contributed by atoms with E-state index >= 15 is 0 Å². The third-order valence-electron chi connectivity index (χ3n) is 14.8. The number of anilines is 3. The van der Waals surface area contributed by atoms with Gasteiger partial charge >= 0.3 is 0 Å². The minimum Gasteiger partial charge on any atom is -0.370 e. The van der Waals surface area contributed by atoms with Crippen molar-refractivity contribution in [2.45, 2.75) is 83.3 Å². The van der Waals surface area contributed by atoms with Crippen molar-refractivity contribution < 1.29 is 43.2 Å². The Morgan fingerprint density at radius 1 is 0.365 bits per heavy atom. The Balaban J connectivity index is 0.932. The molecule has 3 atom stereocenters. The van der Waals surface area contributed by atoms with Crippen LogP contribution < -0.4 is 49.1 Å². The molecule has 21 heteroatoms. The molecule has 9 aromatic rings. The first-order valence-electron chi connectivity index (χ1n) is 27.4. The quantitative estimate of drug-likeness (QED) is 0.0322. The number of rotatable bonds is 24. The second-order valence-electron chi connectivity index (χ2n) is 21.0. The van der Waals surface area contributed by atoms with Gasteiger partial charge in [-0.2, -0.15) is 0 Å². The summed E-state index contributed by atoms with van der Waals surface area (Å²) in [5.41, 5.74) is 27.0. The number of aromatic amines is 3. The number of nitrogens with one attached hydrogen (secondary N) is 9. The van der Waals surface area contributed by atoms with Gasteiger partial charge in [0.2, 0.25) is 53.2 Å². The van der Waals surface area contributed by atoms with Crippen molar-refractivity contribution >= 4 is 103 Å². The molecule has 0 aliphatic carbocycles. The first-order chi connectivity index (χ1) is 40.8. The number of amides is 9. The van der Waals surface area contributed by atoms with Crippen LogP contribution in [0.15, 0.2) is 146 Å². The summed E-state index contributed by atoms with van der Waals surface area (Å²) in [6.07, 6.45) is -1.56. The van der Waals surface area contributed by atoms with E-state index in [9.17, 15) is 43.2 Å². The molecule has 0 saturated carbocycles. The number of H-pyrrole nitrogens is 3. The number of primary amides is 3. The van der Waals surface area contributed by atoms with Crippen LogP contribution in [0.4, 0.5) is 17.1 Å². The smallest absolute Gasteiger partial charge is 0.247 e. The molecular weight excluding hydrogens is 1080 g/mol. The lowest BCUT2D eigenvalue weighted by atomic mass is 9.85. The second-order valence-corrected chi connectivity index (χ2v) is 21.0. The SMILES string of the molecule is Cc1[nH]c2ccccc2c1CC(=O)N[C@@H](CC(N)=O)C(=O)Nc1ccc(C(c2ccc(NC(=O)[C@H](CC(N)=O)NC(=O)Cc3c(C)[nH]c4ccccc34)cc2)c2ccc(NC(=O)[C@H](CC(N)=O)NC(=O)Cc3c(C)[nH]c4ccccc34)cc2)cc1. The summed E-state index contributed by atoms with van der Waals surface area (Å²) in [4.78, 5) is 128. The van der Waals surface area contributed by atoms with Crippen LogP contribution in [0.2, 0.25) is 0 Å². The van der Waals surface area contributed by atoms with Crippen LogP contribution in [-0.4, -0.2) is 86.2 Å². The number of aromatic nitrogens is 3. The third-order valence-corrected chi connectivity index (χ3v) is 14.8. The monoisotopic (exact) mass is 1140 g/mol. The summed E-state index contributed by atoms with van der Waals surface area (Å²) < 4.78 is 0. The van der Waals surface area contributed by atoms with E-state index in [2.05, 4.69) is 46.9 Å². The van der Waals surface area contributed by atoms with Gasteiger partial charge in [-0.05, 0) is 109 Å². The first kappa shape index (κ1) is 58.8. The molecule has 6 aromatic carbocycles. The van der Waals surface area contributed by atoms with E-state index in [4.69, 9.17) is 17.2 Å². The number of benzene rings is 6. The average molecular weight is 1150 g/mol. The van der Waals surface area contributed by atoms with Crippen molar-refractivity contribution in [1.29, 1.82) is 0 Å². The third kappa shape index (κ3) is 14.4. The first-order valence-corrected chi connectivity index (χ1v) is 27.4. The van der Waals surface area contributed by atoms with E-state index < -0.39 is 96.5 Å². The molecule has 9 amide bonds. The van der Waals surface area contributed by atoms with Crippen molar-refractivity contribution in [1.82, 2.24) is 30.9 Å². The molecule has 9 rings (SSSR count). The van der Waals surface area contributed by atoms with Crippen molar-refractivity contribution in [3.05, 3.63) is 196 Å². The topological polar surface area (TPSA) is 351 Å². The average Bonchev–Trinajstić information content (AvgIpc) is 4.09. The summed E-state index contributed by atoms with van der Waals surface area (Å²) in [5, 5.41) is 19.0. The fourth-order valence-corrected chi connectivity index (χ4v) is 10.7. The van der Waals surface area contributed by atoms with E-state index in [1.165, 1.54) is 0 Å². The molecule has 434 valence electrons. The lowest BCUT2D eigenvalue weighted by molar-refractivity contribution is -0.128. The number of nitrogens with two attached hydrogens (primary N) is 3. The molecule has 0 bridgehead atoms. The highest BCUT2D eigenvalue weighted by Gasteiger charge is 2.28. The van der Waals surface area contributed by atoms with Crippen molar-refractivity contribution in [3.8, 4) is 0 Å². The molecule has 85 heavy (non-hydrogen) atoms. The van der Waals surface area contributed by atoms with Gasteiger partial charge in [0.25, 0.3) is 0 Å². The zero-order valence-corrected chi connectivity index (χ0v) is 46.8. The number of fused-ring (bicyclic) bond motifs is 3. The van der Waals surface area contributed by atoms with Crippen molar-refractivity contribution in [2.75, 3.05) is 16.0 Å². The Morgan fingerprint density at radius 2 is 0.612 bits per heavy atom. The predicted molar refractivity (Wildman–Crippen MR) is 324 cm³/mol. The minimum atomic E-state index is -1.30. The van der Waals surface area contributed by atoms with Crippen LogP contribution in [0.3, 0.4) is 0 Å². The van der Waals surface area contributed by atoms with Gasteiger partial charge in [-0.1, -0.05) is 91.0 Å². The number of para-hydroxylation sites is 3. The van der Waals surface area contributed by atoms with Crippen LogP contribution in [0.25, 0.3) is 32.7 Å². The lowest BCUT2D eigenvalue weighted by Crippen LogP contribution is -2.46. The molecule has 3 aromatic heterocycles. The highest BCUT2D eigenvalue weighted by molar-refractivity contribution is 6.03. The van der Waals surface area contributed by atoms with Crippen LogP contribution in [0.5, 0.6) is 0 Å². The number of hydrogen-bond donors (Lipinski definition) is 12. The van der Waals surface area contributed by atoms with Gasteiger partial charge in [-0.3, -0.25) is 43.2 Å². The Hall–Kier alpha value is -10.8. The molecule has 0 unspecified atom stereocenters. The summed E-state index contributed by atoms with van der Waals surface area (Å²) in [6.45, 7) is 5.55. The Bertz CT molecular complexity index is 3620. The van der Waals surface area contributed by atoms with Gasteiger partial charge in [0, 0.05) is 72.8 Å². The van der Waals surface area contributed by atoms with Gasteiger partial charge in [0.05, 0.1) is 38.5 Å². The molecule has 0 radical (unpaired) electrons. The minimum absolute atomic E-state index is 0.0586. The standard InChI is InChI=1S/C64H64N12O9/c1-34-46(43-10-4-7-13-49(43)68-34)28-58(80)74-52(31-55(65)77)62(83)71-40-22-16-37(17-23-40)61(38-18-24-41(25-19-38)72-63(84)53(32-56(66)78)75-59(81)29-47-35(2)69-50-14-8-5-11-44(47)50)39-20-26-42(27-21-39)73-64(85)54(33-57(67)79)76-60(82)30-48-36(3)70-51-15-9-6-12-45(48)51/h4-27,52-54,61,68-70H,28-33H2,1-3H3,(H2,65,77)(H2,66,78)(H2,67,79)(H,71,83)(H,72,84)(H,73,85)(H,74,80)(H,75,81)(H,76,82)/t52-,53-,54-/m0/s1. The molecule has 0 fully saturated rings. The van der Waals surface area contributed by atoms with Crippen LogP contribution in [-0.2, 0) is 62.4 Å². The molecular formula is C64H64N12O9. The van der Waals surface area contributed by atoms with E-state index in [1.807, 2.05) is 93.6 Å². The number of carbonyl (C=O) groups is 9. The van der Waals surface area contributed by atoms with E-state index in [-0.39, 0.29) is 19.3 Å². The van der Waals surface area contributed by atoms with Gasteiger partial charge in [0.15, 0.2) is 0 Å². The lowest BCUT2D eigenvalue weighted by Gasteiger charge is -2.22. The fourth-order valence-electron chi connectivity index (χ4n) is 10.7. The molecule has 0 spiro atoms. The molecule has 0 aliphatic rings. The van der Waals surface area contributed by atoms with Gasteiger partial charge in [0.1, 0.15) is 18.1 Å². The Labute approximate surface area is 487 Å². The van der Waals surface area contributed by atoms with Gasteiger partial charge < -0.3 is 64.1 Å². The summed E-state index contributed by atoms with van der Waals surface area (Å²) >= 11 is 0. The zero-order chi connectivity index (χ0) is 60.5. The largest absolute Gasteiger partial charge is 0.370 e. The molecule has 0 saturated heterocycles. The zero-order valence-electron chi connectivity index (χ0n) is 46.8. The van der Waals surface area contributed by atoms with Crippen molar-refractivity contribution in [2.24, 2.45) is 17.2 Å². The fraction of sp³-hybridized carbons (Fsp3) is 0.203. The number of aryl methyl sites for hydroxylation is 3. The summed E-state index contributed by atoms with van der Waals surface area (Å²) in [7, 11) is 0. The van der Waals surface area contributed by atoms with Gasteiger partial charge in [-0.15, -0.1) is 0 Å². The number of hydrogen-bond acceptors (Lipinski definition) is 9. The van der Waals surface area contributed by atoms with Crippen LogP contribution in [0, 0.1) is 20.8 Å². The molecule has 21 nitrogen and oxygen atoms in total.